The molecule has 0 aliphatic heterocycles. The highest BCUT2D eigenvalue weighted by Gasteiger charge is 2.14. The van der Waals surface area contributed by atoms with Crippen molar-refractivity contribution in [2.45, 2.75) is 104 Å². The lowest BCUT2D eigenvalue weighted by atomic mass is 10.1. The molecule has 1 aromatic rings. The Balaban J connectivity index is 3.26. The van der Waals surface area contributed by atoms with Gasteiger partial charge in [0.25, 0.3) is 0 Å². The summed E-state index contributed by atoms with van der Waals surface area (Å²) in [6.45, 7) is 15.8. The van der Waals surface area contributed by atoms with E-state index in [1.807, 2.05) is 12.1 Å². The molecule has 1 rings (SSSR count). The van der Waals surface area contributed by atoms with Gasteiger partial charge in [-0.1, -0.05) is 89.8 Å². The summed E-state index contributed by atoms with van der Waals surface area (Å²) in [4.78, 5) is 0. The first kappa shape index (κ1) is 28.2. The van der Waals surface area contributed by atoms with E-state index in [0.29, 0.717) is 13.2 Å². The molecule has 0 bridgehead atoms. The highest BCUT2D eigenvalue weighted by molar-refractivity contribution is 6.83. The van der Waals surface area contributed by atoms with E-state index in [9.17, 15) is 5.11 Å². The van der Waals surface area contributed by atoms with Crippen molar-refractivity contribution in [1.29, 1.82) is 0 Å². The summed E-state index contributed by atoms with van der Waals surface area (Å²) < 4.78 is 12.3. The third-order valence-electron chi connectivity index (χ3n) is 4.67. The monoisotopic (exact) mass is 456 g/mol. The third-order valence-corrected chi connectivity index (χ3v) is 5.54. The maximum absolute atomic E-state index is 10.1. The van der Waals surface area contributed by atoms with E-state index in [2.05, 4.69) is 56.8 Å². The van der Waals surface area contributed by atoms with Crippen LogP contribution in [0.5, 0.6) is 11.5 Å². The van der Waals surface area contributed by atoms with Crippen molar-refractivity contribution in [3.63, 3.8) is 0 Å². The van der Waals surface area contributed by atoms with Gasteiger partial charge < -0.3 is 14.6 Å². The molecule has 0 aliphatic carbocycles. The largest absolute Gasteiger partial charge is 0.492 e. The summed E-state index contributed by atoms with van der Waals surface area (Å²) in [5.74, 6) is 10.9. The highest BCUT2D eigenvalue weighted by Crippen LogP contribution is 2.29. The van der Waals surface area contributed by atoms with Gasteiger partial charge in [0.1, 0.15) is 25.2 Å². The van der Waals surface area contributed by atoms with Crippen molar-refractivity contribution < 1.29 is 14.6 Å². The number of hydrogen-bond donors (Lipinski definition) is 1. The van der Waals surface area contributed by atoms with Gasteiger partial charge in [-0.3, -0.25) is 0 Å². The molecule has 0 saturated heterocycles. The molecule has 178 valence electrons. The standard InChI is InChI=1S/C28H44O3Si/c1-8-10-12-14-19-30-26-23-25(17-21-32(5,6)7)27(31-20-15-13-11-9-2)22-24(26)16-18-28(3,4)29/h22-23,29H,8-15,19-20H2,1-7H3. The molecule has 0 amide bonds. The zero-order valence-corrected chi connectivity index (χ0v) is 22.5. The van der Waals surface area contributed by atoms with E-state index in [1.165, 1.54) is 25.7 Å². The average molecular weight is 457 g/mol. The number of hydrogen-bond acceptors (Lipinski definition) is 3. The molecule has 3 nitrogen and oxygen atoms in total. The topological polar surface area (TPSA) is 38.7 Å². The fourth-order valence-electron chi connectivity index (χ4n) is 2.89. The normalized spacial score (nSPS) is 11.2. The highest BCUT2D eigenvalue weighted by atomic mass is 28.3. The van der Waals surface area contributed by atoms with Crippen molar-refractivity contribution in [3.8, 4) is 34.8 Å². The van der Waals surface area contributed by atoms with Gasteiger partial charge in [-0.15, -0.1) is 5.54 Å². The molecule has 0 heterocycles. The Labute approximate surface area is 198 Å². The fraction of sp³-hybridized carbons (Fsp3) is 0.643. The Morgan fingerprint density at radius 3 is 1.66 bits per heavy atom. The van der Waals surface area contributed by atoms with E-state index >= 15 is 0 Å². The second-order valence-corrected chi connectivity index (χ2v) is 14.7. The molecule has 1 N–H and O–H groups in total. The van der Waals surface area contributed by atoms with Crippen LogP contribution in [0.1, 0.15) is 90.2 Å². The summed E-state index contributed by atoms with van der Waals surface area (Å²) in [6, 6.07) is 3.91. The lowest BCUT2D eigenvalue weighted by Gasteiger charge is -2.15. The van der Waals surface area contributed by atoms with Gasteiger partial charge in [-0.2, -0.15) is 0 Å². The maximum atomic E-state index is 10.1. The summed E-state index contributed by atoms with van der Waals surface area (Å²) >= 11 is 0. The second-order valence-electron chi connectivity index (χ2n) is 9.97. The Hall–Kier alpha value is -1.88. The second kappa shape index (κ2) is 14.3. The molecule has 0 saturated carbocycles. The molecular weight excluding hydrogens is 412 g/mol. The average Bonchev–Trinajstić information content (AvgIpc) is 2.70. The Bertz CT molecular complexity index is 738. The van der Waals surface area contributed by atoms with Crippen LogP contribution in [0.3, 0.4) is 0 Å². The number of rotatable bonds is 12. The van der Waals surface area contributed by atoms with Crippen LogP contribution in [0.2, 0.25) is 19.6 Å². The van der Waals surface area contributed by atoms with Gasteiger partial charge in [0.15, 0.2) is 0 Å². The van der Waals surface area contributed by atoms with E-state index < -0.39 is 13.7 Å². The van der Waals surface area contributed by atoms with Gasteiger partial charge in [-0.05, 0) is 26.7 Å². The first-order valence-electron chi connectivity index (χ1n) is 12.3. The minimum absolute atomic E-state index is 0.648. The summed E-state index contributed by atoms with van der Waals surface area (Å²) in [7, 11) is -1.54. The predicted molar refractivity (Wildman–Crippen MR) is 139 cm³/mol. The van der Waals surface area contributed by atoms with Gasteiger partial charge >= 0.3 is 0 Å². The number of ether oxygens (including phenoxy) is 2. The van der Waals surface area contributed by atoms with E-state index in [4.69, 9.17) is 9.47 Å². The molecule has 4 heteroatoms. The Morgan fingerprint density at radius 2 is 1.25 bits per heavy atom. The van der Waals surface area contributed by atoms with Crippen molar-refractivity contribution in [3.05, 3.63) is 23.3 Å². The van der Waals surface area contributed by atoms with Crippen LogP contribution in [-0.4, -0.2) is 32.0 Å². The quantitative estimate of drug-likeness (QED) is 0.210. The zero-order valence-electron chi connectivity index (χ0n) is 21.5. The van der Waals surface area contributed by atoms with Crippen LogP contribution in [-0.2, 0) is 0 Å². The van der Waals surface area contributed by atoms with Crippen molar-refractivity contribution in [2.24, 2.45) is 0 Å². The SMILES string of the molecule is CCCCCCOc1cc(C#C[Si](C)(C)C)c(OCCCCCC)cc1C#CC(C)(C)O. The minimum atomic E-state index is -1.54. The number of aliphatic hydroxyl groups is 1. The number of unbranched alkanes of at least 4 members (excludes halogenated alkanes) is 6. The van der Waals surface area contributed by atoms with Crippen molar-refractivity contribution in [1.82, 2.24) is 0 Å². The summed E-state index contributed by atoms with van der Waals surface area (Å²) in [6.07, 6.45) is 9.19. The molecule has 32 heavy (non-hydrogen) atoms. The van der Waals surface area contributed by atoms with E-state index in [0.717, 1.165) is 48.3 Å². The van der Waals surface area contributed by atoms with Crippen LogP contribution >= 0.6 is 0 Å². The summed E-state index contributed by atoms with van der Waals surface area (Å²) in [5.41, 5.74) is 3.98. The van der Waals surface area contributed by atoms with Crippen molar-refractivity contribution in [2.75, 3.05) is 13.2 Å². The summed E-state index contributed by atoms with van der Waals surface area (Å²) in [5, 5.41) is 10.1. The molecule has 1 aromatic carbocycles. The lowest BCUT2D eigenvalue weighted by molar-refractivity contribution is 0.143. The Kier molecular flexibility index (Phi) is 12.6. The van der Waals surface area contributed by atoms with E-state index in [1.54, 1.807) is 13.8 Å². The van der Waals surface area contributed by atoms with Gasteiger partial charge in [0, 0.05) is 12.1 Å². The smallest absolute Gasteiger partial charge is 0.136 e. The Morgan fingerprint density at radius 1 is 0.781 bits per heavy atom. The first-order chi connectivity index (χ1) is 15.1. The molecule has 0 fully saturated rings. The minimum Gasteiger partial charge on any atom is -0.492 e. The van der Waals surface area contributed by atoms with Crippen LogP contribution in [0, 0.1) is 23.3 Å². The van der Waals surface area contributed by atoms with E-state index in [-0.39, 0.29) is 0 Å². The third kappa shape index (κ3) is 12.8. The van der Waals surface area contributed by atoms with Crippen LogP contribution in [0.25, 0.3) is 0 Å². The zero-order chi connectivity index (χ0) is 24.0. The van der Waals surface area contributed by atoms with Crippen LogP contribution in [0.15, 0.2) is 12.1 Å². The first-order valence-corrected chi connectivity index (χ1v) is 15.8. The van der Waals surface area contributed by atoms with Gasteiger partial charge in [0.05, 0.1) is 24.3 Å². The fourth-order valence-corrected chi connectivity index (χ4v) is 3.40. The van der Waals surface area contributed by atoms with Gasteiger partial charge in [-0.25, -0.2) is 0 Å². The van der Waals surface area contributed by atoms with Crippen molar-refractivity contribution >= 4 is 8.07 Å². The lowest BCUT2D eigenvalue weighted by Crippen LogP contribution is -2.16. The van der Waals surface area contributed by atoms with Gasteiger partial charge in [0.2, 0.25) is 0 Å². The predicted octanol–water partition coefficient (Wildman–Crippen LogP) is 6.96. The molecule has 0 radical (unpaired) electrons. The molecule has 0 unspecified atom stereocenters. The molecular formula is C28H44O3Si. The molecule has 0 spiro atoms. The van der Waals surface area contributed by atoms with Crippen LogP contribution < -0.4 is 9.47 Å². The maximum Gasteiger partial charge on any atom is 0.136 e. The molecule has 0 aliphatic rings. The molecule has 0 atom stereocenters. The number of benzene rings is 1. The van der Waals surface area contributed by atoms with Crippen LogP contribution in [0.4, 0.5) is 0 Å². The molecule has 0 aromatic heterocycles.